The van der Waals surface area contributed by atoms with Crippen molar-refractivity contribution in [3.63, 3.8) is 0 Å². The molecule has 0 bridgehead atoms. The van der Waals surface area contributed by atoms with Crippen LogP contribution in [0.5, 0.6) is 0 Å². The number of anilines is 1. The van der Waals surface area contributed by atoms with Crippen LogP contribution in [-0.2, 0) is 14.6 Å². The number of nitrogens with zero attached hydrogens (tertiary/aromatic N) is 1. The second kappa shape index (κ2) is 6.26. The van der Waals surface area contributed by atoms with Gasteiger partial charge in [0.25, 0.3) is 0 Å². The molecular weight excluding hydrogens is 297 g/mol. The van der Waals surface area contributed by atoms with Gasteiger partial charge in [-0.15, -0.1) is 0 Å². The minimum Gasteiger partial charge on any atom is -0.478 e. The van der Waals surface area contributed by atoms with E-state index in [1.807, 2.05) is 0 Å². The first-order chi connectivity index (χ1) is 9.89. The summed E-state index contributed by atoms with van der Waals surface area (Å²) in [6, 6.07) is 4.45. The number of aliphatic carboxylic acids is 1. The van der Waals surface area contributed by atoms with Crippen LogP contribution in [0, 0.1) is 5.82 Å². The molecule has 2 rings (SSSR count). The van der Waals surface area contributed by atoms with Crippen LogP contribution in [0.3, 0.4) is 0 Å². The Balaban J connectivity index is 2.35. The number of sulfone groups is 1. The van der Waals surface area contributed by atoms with Crippen LogP contribution in [0.25, 0.3) is 6.08 Å². The summed E-state index contributed by atoms with van der Waals surface area (Å²) in [7, 11) is -3.06. The van der Waals surface area contributed by atoms with Crippen LogP contribution in [0.1, 0.15) is 12.0 Å². The first kappa shape index (κ1) is 15.5. The molecule has 5 nitrogen and oxygen atoms in total. The lowest BCUT2D eigenvalue weighted by atomic mass is 10.1. The van der Waals surface area contributed by atoms with Gasteiger partial charge in [0.1, 0.15) is 5.82 Å². The maximum absolute atomic E-state index is 13.9. The summed E-state index contributed by atoms with van der Waals surface area (Å²) in [6.45, 7) is 0.774. The van der Waals surface area contributed by atoms with Crippen molar-refractivity contribution in [1.29, 1.82) is 0 Å². The molecule has 1 N–H and O–H groups in total. The molecule has 7 heteroatoms. The van der Waals surface area contributed by atoms with E-state index in [1.54, 1.807) is 11.0 Å². The van der Waals surface area contributed by atoms with Crippen LogP contribution in [-0.4, -0.2) is 44.1 Å². The number of carboxylic acids is 1. The van der Waals surface area contributed by atoms with Crippen molar-refractivity contribution in [2.75, 3.05) is 29.5 Å². The summed E-state index contributed by atoms with van der Waals surface area (Å²) in [4.78, 5) is 12.4. The number of carbonyl (C=O) groups is 1. The van der Waals surface area contributed by atoms with Crippen molar-refractivity contribution in [2.24, 2.45) is 0 Å². The quantitative estimate of drug-likeness (QED) is 0.857. The molecule has 0 unspecified atom stereocenters. The molecule has 0 radical (unpaired) electrons. The maximum atomic E-state index is 13.9. The molecule has 1 saturated heterocycles. The zero-order chi connectivity index (χ0) is 15.5. The summed E-state index contributed by atoms with van der Waals surface area (Å²) >= 11 is 0. The van der Waals surface area contributed by atoms with Gasteiger partial charge in [-0.05, 0) is 24.6 Å². The van der Waals surface area contributed by atoms with Crippen molar-refractivity contribution < 1.29 is 22.7 Å². The van der Waals surface area contributed by atoms with E-state index in [4.69, 9.17) is 5.11 Å². The first-order valence-electron chi connectivity index (χ1n) is 6.54. The van der Waals surface area contributed by atoms with Crippen LogP contribution in [0.2, 0.25) is 0 Å². The van der Waals surface area contributed by atoms with Crippen molar-refractivity contribution in [2.45, 2.75) is 6.42 Å². The van der Waals surface area contributed by atoms with Crippen LogP contribution in [0.15, 0.2) is 24.3 Å². The average Bonchev–Trinajstić information content (AvgIpc) is 2.58. The van der Waals surface area contributed by atoms with Gasteiger partial charge in [-0.25, -0.2) is 17.6 Å². The molecule has 1 aromatic carbocycles. The highest BCUT2D eigenvalue weighted by Crippen LogP contribution is 2.26. The summed E-state index contributed by atoms with van der Waals surface area (Å²) in [5.74, 6) is -1.55. The number of carboxylic acid groups (broad SMARTS) is 1. The summed E-state index contributed by atoms with van der Waals surface area (Å²) in [6.07, 6.45) is 2.55. The predicted octanol–water partition coefficient (Wildman–Crippen LogP) is 1.55. The second-order valence-electron chi connectivity index (χ2n) is 4.84. The molecule has 1 aliphatic heterocycles. The van der Waals surface area contributed by atoms with Crippen LogP contribution >= 0.6 is 0 Å². The number of benzene rings is 1. The minimum absolute atomic E-state index is 0.0194. The molecule has 1 aliphatic rings. The molecule has 0 aliphatic carbocycles. The summed E-state index contributed by atoms with van der Waals surface area (Å²) < 4.78 is 37.2. The summed E-state index contributed by atoms with van der Waals surface area (Å²) in [5, 5.41) is 8.68. The number of hydrogen-bond acceptors (Lipinski definition) is 4. The van der Waals surface area contributed by atoms with Crippen molar-refractivity contribution in [3.05, 3.63) is 35.7 Å². The fourth-order valence-corrected chi connectivity index (χ4v) is 3.57. The standard InChI is InChI=1S/C14H16FNO4S/c15-12-3-1-4-13(11(12)5-6-14(17)18)16-7-2-9-21(19,20)10-8-16/h1,3-6H,2,7-10H2,(H,17,18)/b6-5+. The molecule has 1 aromatic rings. The van der Waals surface area contributed by atoms with Gasteiger partial charge in [0, 0.05) is 30.4 Å². The highest BCUT2D eigenvalue weighted by atomic mass is 32.2. The Kier molecular flexibility index (Phi) is 4.62. The van der Waals surface area contributed by atoms with E-state index < -0.39 is 21.6 Å². The van der Waals surface area contributed by atoms with Crippen molar-refractivity contribution in [3.8, 4) is 0 Å². The third-order valence-corrected chi connectivity index (χ3v) is 5.03. The molecule has 1 fully saturated rings. The van der Waals surface area contributed by atoms with Crippen LogP contribution < -0.4 is 4.90 Å². The monoisotopic (exact) mass is 313 g/mol. The first-order valence-corrected chi connectivity index (χ1v) is 8.36. The molecule has 0 aromatic heterocycles. The normalized spacial score (nSPS) is 18.6. The lowest BCUT2D eigenvalue weighted by molar-refractivity contribution is -0.131. The van der Waals surface area contributed by atoms with Crippen molar-refractivity contribution >= 4 is 27.6 Å². The Bertz CT molecular complexity index is 670. The molecule has 0 spiro atoms. The highest BCUT2D eigenvalue weighted by Gasteiger charge is 2.21. The van der Waals surface area contributed by atoms with Gasteiger partial charge in [0.15, 0.2) is 9.84 Å². The van der Waals surface area contributed by atoms with Gasteiger partial charge in [-0.1, -0.05) is 6.07 Å². The van der Waals surface area contributed by atoms with Gasteiger partial charge in [0.2, 0.25) is 0 Å². The molecule has 0 saturated carbocycles. The number of halogens is 1. The van der Waals surface area contributed by atoms with Gasteiger partial charge >= 0.3 is 5.97 Å². The maximum Gasteiger partial charge on any atom is 0.328 e. The van der Waals surface area contributed by atoms with Gasteiger partial charge < -0.3 is 10.0 Å². The molecule has 21 heavy (non-hydrogen) atoms. The third-order valence-electron chi connectivity index (χ3n) is 3.32. The zero-order valence-corrected chi connectivity index (χ0v) is 12.1. The summed E-state index contributed by atoms with van der Waals surface area (Å²) in [5.41, 5.74) is 0.684. The fraction of sp³-hybridized carbons (Fsp3) is 0.357. The Morgan fingerprint density at radius 3 is 2.76 bits per heavy atom. The van der Waals surface area contributed by atoms with E-state index in [-0.39, 0.29) is 23.6 Å². The smallest absolute Gasteiger partial charge is 0.328 e. The Hall–Kier alpha value is -1.89. The Labute approximate surface area is 122 Å². The van der Waals surface area contributed by atoms with E-state index in [2.05, 4.69) is 0 Å². The number of hydrogen-bond donors (Lipinski definition) is 1. The van der Waals surface area contributed by atoms with Crippen molar-refractivity contribution in [1.82, 2.24) is 0 Å². The van der Waals surface area contributed by atoms with E-state index in [1.165, 1.54) is 18.2 Å². The van der Waals surface area contributed by atoms with Crippen LogP contribution in [0.4, 0.5) is 10.1 Å². The minimum atomic E-state index is -3.06. The van der Waals surface area contributed by atoms with Gasteiger partial charge in [-0.2, -0.15) is 0 Å². The van der Waals surface area contributed by atoms with Gasteiger partial charge in [0.05, 0.1) is 11.5 Å². The molecular formula is C14H16FNO4S. The Morgan fingerprint density at radius 1 is 1.29 bits per heavy atom. The average molecular weight is 313 g/mol. The van der Waals surface area contributed by atoms with E-state index in [0.29, 0.717) is 18.7 Å². The molecule has 114 valence electrons. The largest absolute Gasteiger partial charge is 0.478 e. The highest BCUT2D eigenvalue weighted by molar-refractivity contribution is 7.91. The lowest BCUT2D eigenvalue weighted by Crippen LogP contribution is -2.27. The SMILES string of the molecule is O=C(O)/C=C/c1c(F)cccc1N1CCCS(=O)(=O)CC1. The molecule has 0 amide bonds. The van der Waals surface area contributed by atoms with E-state index >= 15 is 0 Å². The molecule has 1 heterocycles. The van der Waals surface area contributed by atoms with Gasteiger partial charge in [-0.3, -0.25) is 0 Å². The second-order valence-corrected chi connectivity index (χ2v) is 7.14. The predicted molar refractivity (Wildman–Crippen MR) is 78.6 cm³/mol. The Morgan fingerprint density at radius 2 is 2.05 bits per heavy atom. The fourth-order valence-electron chi connectivity index (χ4n) is 2.30. The van der Waals surface area contributed by atoms with E-state index in [0.717, 1.165) is 6.08 Å². The topological polar surface area (TPSA) is 74.7 Å². The molecule has 0 atom stereocenters. The third kappa shape index (κ3) is 4.04. The lowest BCUT2D eigenvalue weighted by Gasteiger charge is -2.24. The van der Waals surface area contributed by atoms with E-state index in [9.17, 15) is 17.6 Å². The zero-order valence-electron chi connectivity index (χ0n) is 11.3. The number of rotatable bonds is 3.